The van der Waals surface area contributed by atoms with Gasteiger partial charge < -0.3 is 30.0 Å². The van der Waals surface area contributed by atoms with E-state index in [1.807, 2.05) is 0 Å². The van der Waals surface area contributed by atoms with Gasteiger partial charge in [0.1, 0.15) is 0 Å². The Morgan fingerprint density at radius 3 is 0.800 bits per heavy atom. The maximum Gasteiger partial charge on any atom is 2.00 e. The van der Waals surface area contributed by atoms with Gasteiger partial charge in [0.15, 0.2) is 0 Å². The topological polar surface area (TPSA) is 126 Å². The van der Waals surface area contributed by atoms with Crippen molar-refractivity contribution in [1.82, 2.24) is 0 Å². The number of hydrogen-bond donors (Lipinski definition) is 0. The summed E-state index contributed by atoms with van der Waals surface area (Å²) in [5.74, 6) is 0. The summed E-state index contributed by atoms with van der Waals surface area (Å²) in [6.45, 7) is 0. The molecule has 10 heavy (non-hydrogen) atoms. The van der Waals surface area contributed by atoms with Gasteiger partial charge in [-0.05, 0) is 12.3 Å². The minimum atomic E-state index is -2.33. The van der Waals surface area contributed by atoms with E-state index >= 15 is 0 Å². The zero-order valence-corrected chi connectivity index (χ0v) is 9.50. The van der Waals surface area contributed by atoms with Crippen molar-refractivity contribution < 1.29 is 73.8 Å². The molecule has 0 spiro atoms. The molecule has 0 aromatic carbocycles. The van der Waals surface area contributed by atoms with Crippen LogP contribution in [0.5, 0.6) is 0 Å². The van der Waals surface area contributed by atoms with Gasteiger partial charge in [-0.15, -0.1) is 0 Å². The summed E-state index contributed by atoms with van der Waals surface area (Å²) in [4.78, 5) is 16.7. The van der Waals surface area contributed by atoms with Gasteiger partial charge in [0.2, 0.25) is 0 Å². The van der Waals surface area contributed by atoms with E-state index < -0.39 is 12.3 Å². The van der Waals surface area contributed by atoms with Crippen molar-refractivity contribution >= 4 is 12.3 Å². The summed E-state index contributed by atoms with van der Waals surface area (Å²) in [7, 11) is 0. The zero-order chi connectivity index (χ0) is 7.15. The third-order valence-electron chi connectivity index (χ3n) is 0. The number of rotatable bonds is 0. The van der Waals surface area contributed by atoms with Crippen LogP contribution in [-0.4, -0.2) is 12.3 Å². The first kappa shape index (κ1) is 22.5. The molecule has 56 valence electrons. The maximum atomic E-state index is 8.33. The standard InChI is InChI=1S/2CH2O3.Cd.Ni/c2*2-1(3)4;;/h2*(H2,2,3,4);;/q;;2*+2/p-4. The van der Waals surface area contributed by atoms with Crippen LogP contribution in [0.1, 0.15) is 0 Å². The van der Waals surface area contributed by atoms with Crippen molar-refractivity contribution in [3.63, 3.8) is 0 Å². The van der Waals surface area contributed by atoms with Gasteiger partial charge >= 0.3 is 43.8 Å². The average molecular weight is 291 g/mol. The summed E-state index contributed by atoms with van der Waals surface area (Å²) < 4.78 is 0. The molecule has 0 heterocycles. The van der Waals surface area contributed by atoms with E-state index in [1.165, 1.54) is 0 Å². The molecule has 6 nitrogen and oxygen atoms in total. The molecule has 0 aliphatic rings. The van der Waals surface area contributed by atoms with Gasteiger partial charge in [-0.1, -0.05) is 0 Å². The first-order valence-corrected chi connectivity index (χ1v) is 1.22. The first-order valence-electron chi connectivity index (χ1n) is 1.22. The largest absolute Gasteiger partial charge is 2.00 e. The normalized spacial score (nSPS) is 4.80. The van der Waals surface area contributed by atoms with Gasteiger partial charge in [0.25, 0.3) is 0 Å². The van der Waals surface area contributed by atoms with Crippen molar-refractivity contribution in [2.24, 2.45) is 0 Å². The third-order valence-corrected chi connectivity index (χ3v) is 0. The molecule has 0 aromatic rings. The van der Waals surface area contributed by atoms with Crippen molar-refractivity contribution in [2.75, 3.05) is 0 Å². The molecule has 0 aliphatic carbocycles. The van der Waals surface area contributed by atoms with E-state index in [0.717, 1.165) is 0 Å². The smallest absolute Gasteiger partial charge is 0.652 e. The molecule has 0 rings (SSSR count). The van der Waals surface area contributed by atoms with Gasteiger partial charge in [0.05, 0.1) is 0 Å². The maximum absolute atomic E-state index is 8.33. The van der Waals surface area contributed by atoms with E-state index in [9.17, 15) is 0 Å². The van der Waals surface area contributed by atoms with Gasteiger partial charge in [-0.2, -0.15) is 0 Å². The molecule has 0 bridgehead atoms. The quantitative estimate of drug-likeness (QED) is 0.412. The molecule has 0 radical (unpaired) electrons. The predicted molar refractivity (Wildman–Crippen MR) is 10.8 cm³/mol. The third kappa shape index (κ3) is 195000. The molecule has 0 fully saturated rings. The Morgan fingerprint density at radius 1 is 0.800 bits per heavy atom. The van der Waals surface area contributed by atoms with Crippen LogP contribution in [0.25, 0.3) is 0 Å². The number of carbonyl (C=O) groups is 2. The Hall–Kier alpha value is -0.0444. The summed E-state index contributed by atoms with van der Waals surface area (Å²) in [5, 5.41) is 33.3. The van der Waals surface area contributed by atoms with Crippen LogP contribution in [-0.2, 0) is 43.8 Å². The number of hydrogen-bond acceptors (Lipinski definition) is 6. The second kappa shape index (κ2) is 16.0. The van der Waals surface area contributed by atoms with Crippen molar-refractivity contribution in [3.05, 3.63) is 0 Å². The molecular weight excluding hydrogens is 291 g/mol. The molecule has 0 unspecified atom stereocenters. The van der Waals surface area contributed by atoms with Crippen LogP contribution in [0.2, 0.25) is 0 Å². The Kier molecular flexibility index (Phi) is 36.0. The molecule has 0 aliphatic heterocycles. The minimum Gasteiger partial charge on any atom is -0.652 e. The van der Waals surface area contributed by atoms with Crippen LogP contribution < -0.4 is 20.4 Å². The van der Waals surface area contributed by atoms with Crippen LogP contribution >= 0.6 is 0 Å². The van der Waals surface area contributed by atoms with Crippen LogP contribution in [0.3, 0.4) is 0 Å². The molecule has 0 saturated carbocycles. The molecule has 8 heteroatoms. The second-order valence-electron chi connectivity index (χ2n) is 0.500. The van der Waals surface area contributed by atoms with Crippen molar-refractivity contribution in [3.8, 4) is 0 Å². The van der Waals surface area contributed by atoms with Gasteiger partial charge in [-0.25, -0.2) is 0 Å². The summed E-state index contributed by atoms with van der Waals surface area (Å²) >= 11 is 0. The number of carboxylic acid groups (broad SMARTS) is 4. The first-order chi connectivity index (χ1) is 3.46. The molecule has 0 amide bonds. The van der Waals surface area contributed by atoms with E-state index in [-0.39, 0.29) is 43.8 Å². The van der Waals surface area contributed by atoms with E-state index in [1.54, 1.807) is 0 Å². The second-order valence-corrected chi connectivity index (χ2v) is 0.500. The monoisotopic (exact) mass is 292 g/mol. The minimum absolute atomic E-state index is 0. The Balaban J connectivity index is -0.0000000300. The molecule has 0 aromatic heterocycles. The fourth-order valence-corrected chi connectivity index (χ4v) is 0. The molecule has 0 saturated heterocycles. The zero-order valence-electron chi connectivity index (χ0n) is 4.47. The van der Waals surface area contributed by atoms with Crippen molar-refractivity contribution in [1.29, 1.82) is 0 Å². The SMILES string of the molecule is O=C([O-])[O-].O=C([O-])[O-].[Cd+2].[Ni+2]. The van der Waals surface area contributed by atoms with Crippen molar-refractivity contribution in [2.45, 2.75) is 0 Å². The van der Waals surface area contributed by atoms with Gasteiger partial charge in [0, 0.05) is 0 Å². The molecule has 0 atom stereocenters. The predicted octanol–water partition coefficient (Wildman–Crippen LogP) is -4.90. The average Bonchev–Trinajstić information content (AvgIpc) is 1.25. The summed E-state index contributed by atoms with van der Waals surface area (Å²) in [6, 6.07) is 0. The van der Waals surface area contributed by atoms with E-state index in [0.29, 0.717) is 0 Å². The van der Waals surface area contributed by atoms with Crippen LogP contribution in [0.15, 0.2) is 0 Å². The summed E-state index contributed by atoms with van der Waals surface area (Å²) in [6.07, 6.45) is -4.67. The van der Waals surface area contributed by atoms with E-state index in [2.05, 4.69) is 0 Å². The molecular formula is C2CdNiO6. The summed E-state index contributed by atoms with van der Waals surface area (Å²) in [5.41, 5.74) is 0. The van der Waals surface area contributed by atoms with E-state index in [4.69, 9.17) is 30.0 Å². The van der Waals surface area contributed by atoms with Gasteiger partial charge in [-0.3, -0.25) is 0 Å². The fourth-order valence-electron chi connectivity index (χ4n) is 0. The van der Waals surface area contributed by atoms with Crippen LogP contribution in [0.4, 0.5) is 9.59 Å². The molecule has 0 N–H and O–H groups in total. The Morgan fingerprint density at radius 2 is 0.800 bits per heavy atom. The van der Waals surface area contributed by atoms with Crippen LogP contribution in [0, 0.1) is 0 Å². The number of carbonyl (C=O) groups excluding carboxylic acids is 2. The fraction of sp³-hybridized carbons (Fsp3) is 0. The Bertz CT molecular complexity index is 73.7. The Labute approximate surface area is 85.9 Å².